The van der Waals surface area contributed by atoms with Crippen molar-refractivity contribution >= 4 is 11.9 Å². The second-order valence-electron chi connectivity index (χ2n) is 25.3. The third-order valence-electron chi connectivity index (χ3n) is 17.1. The molecule has 0 saturated heterocycles. The van der Waals surface area contributed by atoms with Crippen LogP contribution in [0.3, 0.4) is 0 Å². The summed E-state index contributed by atoms with van der Waals surface area (Å²) in [4.78, 5) is 24.5. The second kappa shape index (κ2) is 70.6. The number of carbonyl (C=O) groups excluding carboxylic acids is 2. The van der Waals surface area contributed by atoms with Crippen molar-refractivity contribution in [1.29, 1.82) is 0 Å². The van der Waals surface area contributed by atoms with E-state index in [1.807, 2.05) is 6.08 Å². The minimum Gasteiger partial charge on any atom is -0.466 e. The Labute approximate surface area is 506 Å². The van der Waals surface area contributed by atoms with Crippen LogP contribution in [0.5, 0.6) is 0 Å². The van der Waals surface area contributed by atoms with Crippen LogP contribution in [0.4, 0.5) is 0 Å². The Morgan fingerprint density at radius 3 is 0.877 bits per heavy atom. The van der Waals surface area contributed by atoms with Gasteiger partial charge in [-0.3, -0.25) is 9.59 Å². The zero-order valence-electron chi connectivity index (χ0n) is 54.8. The monoisotopic (exact) mass is 1140 g/mol. The Morgan fingerprint density at radius 2 is 0.580 bits per heavy atom. The Hall–Kier alpha value is -1.92. The van der Waals surface area contributed by atoms with Gasteiger partial charge in [-0.15, -0.1) is 0 Å². The number of esters is 1. The molecule has 1 amide bonds. The molecule has 0 spiro atoms. The summed E-state index contributed by atoms with van der Waals surface area (Å²) in [6, 6.07) is -0.625. The number of unbranched alkanes of at least 4 members (excludes halogenated alkanes) is 54. The Balaban J connectivity index is 3.35. The van der Waals surface area contributed by atoms with E-state index in [9.17, 15) is 19.8 Å². The van der Waals surface area contributed by atoms with Crippen LogP contribution in [0.25, 0.3) is 0 Å². The maximum atomic E-state index is 12.5. The molecule has 0 aromatic carbocycles. The highest BCUT2D eigenvalue weighted by Gasteiger charge is 2.18. The number of allylic oxidation sites excluding steroid dienone is 5. The lowest BCUT2D eigenvalue weighted by molar-refractivity contribution is -0.143. The van der Waals surface area contributed by atoms with Crippen molar-refractivity contribution in [2.24, 2.45) is 0 Å². The molecule has 0 aliphatic carbocycles. The molecule has 0 bridgehead atoms. The third kappa shape index (κ3) is 67.1. The van der Waals surface area contributed by atoms with Crippen molar-refractivity contribution in [2.75, 3.05) is 13.2 Å². The summed E-state index contributed by atoms with van der Waals surface area (Å²) in [5.41, 5.74) is 0. The minimum absolute atomic E-state index is 0.0118. The number of amides is 1. The van der Waals surface area contributed by atoms with E-state index < -0.39 is 12.1 Å². The van der Waals surface area contributed by atoms with Crippen LogP contribution in [0.2, 0.25) is 0 Å². The number of aliphatic hydroxyl groups excluding tert-OH is 2. The van der Waals surface area contributed by atoms with Crippen LogP contribution in [0, 0.1) is 0 Å². The SMILES string of the molecule is CCCCCCC/C=C\CCCCCCCC(=O)OCCCCCCCCCCCCCCCC/C=C\CCCCCCCCCCCCCCCCCCCC(=O)NC(CO)C(O)/C=C/CCCCCCCCCCCCCCC. The molecule has 0 aliphatic rings. The van der Waals surface area contributed by atoms with Gasteiger partial charge in [-0.1, -0.05) is 346 Å². The average Bonchev–Trinajstić information content (AvgIpc) is 3.47. The van der Waals surface area contributed by atoms with Gasteiger partial charge in [0.25, 0.3) is 0 Å². The molecule has 478 valence electrons. The zero-order chi connectivity index (χ0) is 58.5. The summed E-state index contributed by atoms with van der Waals surface area (Å²) in [6.45, 7) is 4.92. The van der Waals surface area contributed by atoms with Crippen molar-refractivity contribution in [1.82, 2.24) is 5.32 Å². The van der Waals surface area contributed by atoms with Crippen molar-refractivity contribution in [3.05, 3.63) is 36.5 Å². The van der Waals surface area contributed by atoms with E-state index in [2.05, 4.69) is 43.5 Å². The molecular formula is C75H143NO5. The normalized spacial score (nSPS) is 12.7. The van der Waals surface area contributed by atoms with Crippen molar-refractivity contribution in [2.45, 2.75) is 418 Å². The fourth-order valence-electron chi connectivity index (χ4n) is 11.5. The average molecular weight is 1140 g/mol. The smallest absolute Gasteiger partial charge is 0.305 e. The van der Waals surface area contributed by atoms with Crippen molar-refractivity contribution in [3.63, 3.8) is 0 Å². The molecule has 3 N–H and O–H groups in total. The summed E-state index contributed by atoms with van der Waals surface area (Å²) in [5, 5.41) is 23.2. The number of hydrogen-bond donors (Lipinski definition) is 3. The van der Waals surface area contributed by atoms with Gasteiger partial charge < -0.3 is 20.3 Å². The van der Waals surface area contributed by atoms with E-state index in [-0.39, 0.29) is 18.5 Å². The first kappa shape index (κ1) is 79.1. The Kier molecular flexibility index (Phi) is 68.9. The van der Waals surface area contributed by atoms with Gasteiger partial charge in [0.15, 0.2) is 0 Å². The maximum absolute atomic E-state index is 12.5. The number of aliphatic hydroxyl groups is 2. The van der Waals surface area contributed by atoms with Crippen molar-refractivity contribution in [3.8, 4) is 0 Å². The number of rotatable bonds is 69. The number of ether oxygens (including phenoxy) is 1. The summed E-state index contributed by atoms with van der Waals surface area (Å²) in [5.74, 6) is -0.0503. The van der Waals surface area contributed by atoms with Gasteiger partial charge in [0.1, 0.15) is 0 Å². The van der Waals surface area contributed by atoms with Gasteiger partial charge in [-0.2, -0.15) is 0 Å². The fraction of sp³-hybridized carbons (Fsp3) is 0.893. The van der Waals surface area contributed by atoms with Gasteiger partial charge in [0, 0.05) is 12.8 Å². The van der Waals surface area contributed by atoms with E-state index in [1.54, 1.807) is 6.08 Å². The molecule has 0 aromatic rings. The molecule has 2 atom stereocenters. The fourth-order valence-corrected chi connectivity index (χ4v) is 11.5. The largest absolute Gasteiger partial charge is 0.466 e. The summed E-state index contributed by atoms with van der Waals surface area (Å²) >= 11 is 0. The molecule has 0 aromatic heterocycles. The molecule has 6 nitrogen and oxygen atoms in total. The minimum atomic E-state index is -0.842. The van der Waals surface area contributed by atoms with Gasteiger partial charge >= 0.3 is 5.97 Å². The molecular weight excluding hydrogens is 995 g/mol. The summed E-state index contributed by atoms with van der Waals surface area (Å²) in [6.07, 6.45) is 91.0. The molecule has 6 heteroatoms. The first-order chi connectivity index (χ1) is 40.0. The lowest BCUT2D eigenvalue weighted by Crippen LogP contribution is -2.45. The molecule has 2 unspecified atom stereocenters. The quantitative estimate of drug-likeness (QED) is 0.0320. The van der Waals surface area contributed by atoms with Crippen LogP contribution in [-0.4, -0.2) is 47.4 Å². The lowest BCUT2D eigenvalue weighted by atomic mass is 10.0. The van der Waals surface area contributed by atoms with E-state index in [0.717, 1.165) is 44.9 Å². The van der Waals surface area contributed by atoms with Crippen molar-refractivity contribution < 1.29 is 24.5 Å². The third-order valence-corrected chi connectivity index (χ3v) is 17.1. The topological polar surface area (TPSA) is 95.9 Å². The molecule has 0 radical (unpaired) electrons. The predicted octanol–water partition coefficient (Wildman–Crippen LogP) is 23.9. The van der Waals surface area contributed by atoms with Gasteiger partial charge in [-0.25, -0.2) is 0 Å². The van der Waals surface area contributed by atoms with E-state index in [0.29, 0.717) is 19.4 Å². The number of nitrogens with one attached hydrogen (secondary N) is 1. The molecule has 81 heavy (non-hydrogen) atoms. The Morgan fingerprint density at radius 1 is 0.333 bits per heavy atom. The van der Waals surface area contributed by atoms with E-state index in [1.165, 1.54) is 334 Å². The summed E-state index contributed by atoms with van der Waals surface area (Å²) in [7, 11) is 0. The van der Waals surface area contributed by atoms with Crippen LogP contribution in [-0.2, 0) is 14.3 Å². The standard InChI is InChI=1S/C75H143NO5/c1-3-5-7-9-11-13-15-17-40-43-47-51-55-59-63-67-73(78)72(71-77)76-74(79)68-64-60-56-52-48-44-41-38-36-34-32-30-28-26-24-22-20-19-21-23-25-27-29-31-33-35-37-39-42-46-50-54-58-62-66-70-81-75(80)69-65-61-57-53-49-45-18-16-14-12-10-8-6-4-2/h16,18,21,23,63,67,72-73,77-78H,3-15,17,19-20,22,24-62,64-66,68-71H2,1-2H3,(H,76,79)/b18-16-,23-21-,67-63+. The lowest BCUT2D eigenvalue weighted by Gasteiger charge is -2.20. The van der Waals surface area contributed by atoms with E-state index in [4.69, 9.17) is 4.74 Å². The molecule has 0 heterocycles. The van der Waals surface area contributed by atoms with Gasteiger partial charge in [-0.05, 0) is 83.5 Å². The number of hydrogen-bond acceptors (Lipinski definition) is 5. The highest BCUT2D eigenvalue weighted by atomic mass is 16.5. The van der Waals surface area contributed by atoms with Crippen LogP contribution in [0.15, 0.2) is 36.5 Å². The van der Waals surface area contributed by atoms with Gasteiger partial charge in [0.2, 0.25) is 5.91 Å². The number of carbonyl (C=O) groups is 2. The molecule has 0 saturated carbocycles. The maximum Gasteiger partial charge on any atom is 0.305 e. The Bertz CT molecular complexity index is 1310. The molecule has 0 rings (SSSR count). The first-order valence-corrected chi connectivity index (χ1v) is 36.8. The van der Waals surface area contributed by atoms with E-state index >= 15 is 0 Å². The zero-order valence-corrected chi connectivity index (χ0v) is 54.8. The van der Waals surface area contributed by atoms with Crippen LogP contribution in [0.1, 0.15) is 406 Å². The predicted molar refractivity (Wildman–Crippen MR) is 356 cm³/mol. The molecule has 0 aliphatic heterocycles. The van der Waals surface area contributed by atoms with Crippen LogP contribution >= 0.6 is 0 Å². The van der Waals surface area contributed by atoms with Gasteiger partial charge in [0.05, 0.1) is 25.4 Å². The highest BCUT2D eigenvalue weighted by molar-refractivity contribution is 5.76. The highest BCUT2D eigenvalue weighted by Crippen LogP contribution is 2.19. The second-order valence-corrected chi connectivity index (χ2v) is 25.3. The van der Waals surface area contributed by atoms with Crippen LogP contribution < -0.4 is 5.32 Å². The summed E-state index contributed by atoms with van der Waals surface area (Å²) < 4.78 is 5.49. The molecule has 0 fully saturated rings. The first-order valence-electron chi connectivity index (χ1n) is 36.8.